The molecular formula is C23H27N5O. The maximum atomic E-state index is 12.9. The molecule has 29 heavy (non-hydrogen) atoms. The van der Waals surface area contributed by atoms with Crippen LogP contribution in [-0.4, -0.2) is 24.4 Å². The zero-order chi connectivity index (χ0) is 20.7. The van der Waals surface area contributed by atoms with Crippen molar-refractivity contribution in [3.63, 3.8) is 0 Å². The van der Waals surface area contributed by atoms with Gasteiger partial charge in [-0.3, -0.25) is 14.6 Å². The van der Waals surface area contributed by atoms with Gasteiger partial charge in [0, 0.05) is 35.5 Å². The molecule has 150 valence electrons. The van der Waals surface area contributed by atoms with E-state index < -0.39 is 0 Å². The second-order valence-electron chi connectivity index (χ2n) is 7.74. The summed E-state index contributed by atoms with van der Waals surface area (Å²) >= 11 is 0. The molecule has 0 saturated carbocycles. The predicted molar refractivity (Wildman–Crippen MR) is 115 cm³/mol. The number of H-pyrrole nitrogens is 1. The zero-order valence-electron chi connectivity index (χ0n) is 17.7. The first-order valence-electron chi connectivity index (χ1n) is 10.1. The van der Waals surface area contributed by atoms with Gasteiger partial charge >= 0.3 is 0 Å². The van der Waals surface area contributed by atoms with Crippen LogP contribution in [0.5, 0.6) is 0 Å². The largest absolute Gasteiger partial charge is 0.293 e. The number of fused-ring (bicyclic) bond motifs is 1. The second kappa shape index (κ2) is 7.35. The van der Waals surface area contributed by atoms with Crippen molar-refractivity contribution in [2.75, 3.05) is 0 Å². The minimum absolute atomic E-state index is 0.0636. The van der Waals surface area contributed by atoms with E-state index in [1.165, 1.54) is 5.56 Å². The lowest BCUT2D eigenvalue weighted by atomic mass is 10.0. The van der Waals surface area contributed by atoms with Crippen molar-refractivity contribution >= 4 is 5.65 Å². The summed E-state index contributed by atoms with van der Waals surface area (Å²) in [6, 6.07) is 11.8. The van der Waals surface area contributed by atoms with Gasteiger partial charge in [0.25, 0.3) is 5.56 Å². The van der Waals surface area contributed by atoms with E-state index in [0.29, 0.717) is 12.2 Å². The van der Waals surface area contributed by atoms with E-state index in [1.54, 1.807) is 10.6 Å². The first kappa shape index (κ1) is 19.2. The van der Waals surface area contributed by atoms with Crippen molar-refractivity contribution in [2.24, 2.45) is 0 Å². The summed E-state index contributed by atoms with van der Waals surface area (Å²) in [6.45, 7) is 11.1. The maximum absolute atomic E-state index is 12.9. The van der Waals surface area contributed by atoms with Gasteiger partial charge in [-0.2, -0.15) is 5.10 Å². The number of hydrogen-bond acceptors (Lipinski definition) is 3. The summed E-state index contributed by atoms with van der Waals surface area (Å²) in [4.78, 5) is 17.8. The monoisotopic (exact) mass is 389 g/mol. The standard InChI is InChI=1S/C23H27N5O/c1-6-19-22(18-10-8-7-9-11-18)23-24-20(12-21(29)28(23)26-19)14(2)13-27-17(5)15(3)16(4)25-27/h7-12,14,26H,6,13H2,1-5H3. The van der Waals surface area contributed by atoms with Crippen LogP contribution in [0, 0.1) is 20.8 Å². The molecule has 0 saturated heterocycles. The molecule has 4 aromatic rings. The molecule has 3 aromatic heterocycles. The Labute approximate surface area is 170 Å². The van der Waals surface area contributed by atoms with Gasteiger partial charge in [-0.15, -0.1) is 0 Å². The molecule has 1 aromatic carbocycles. The molecule has 0 amide bonds. The van der Waals surface area contributed by atoms with E-state index in [1.807, 2.05) is 29.8 Å². The van der Waals surface area contributed by atoms with Crippen LogP contribution in [0.25, 0.3) is 16.8 Å². The molecule has 0 spiro atoms. The summed E-state index contributed by atoms with van der Waals surface area (Å²) in [7, 11) is 0. The van der Waals surface area contributed by atoms with Crippen molar-refractivity contribution in [2.45, 2.75) is 53.5 Å². The Morgan fingerprint density at radius 3 is 2.48 bits per heavy atom. The molecule has 0 aliphatic carbocycles. The van der Waals surface area contributed by atoms with E-state index >= 15 is 0 Å². The molecule has 3 heterocycles. The van der Waals surface area contributed by atoms with Crippen LogP contribution in [-0.2, 0) is 13.0 Å². The molecule has 0 aliphatic rings. The SMILES string of the molecule is CCc1[nH]n2c(=O)cc(C(C)Cn3nc(C)c(C)c3C)nc2c1-c1ccccc1. The van der Waals surface area contributed by atoms with E-state index in [0.717, 1.165) is 40.3 Å². The third-order valence-corrected chi connectivity index (χ3v) is 5.82. The summed E-state index contributed by atoms with van der Waals surface area (Å²) in [5, 5.41) is 7.88. The van der Waals surface area contributed by atoms with Crippen LogP contribution in [0.15, 0.2) is 41.2 Å². The van der Waals surface area contributed by atoms with Crippen LogP contribution in [0.4, 0.5) is 0 Å². The molecule has 4 rings (SSSR count). The molecule has 0 aliphatic heterocycles. The topological polar surface area (TPSA) is 68.0 Å². The third kappa shape index (κ3) is 3.28. The Morgan fingerprint density at radius 2 is 1.86 bits per heavy atom. The number of nitrogens with one attached hydrogen (secondary N) is 1. The molecule has 1 atom stereocenters. The third-order valence-electron chi connectivity index (χ3n) is 5.82. The lowest BCUT2D eigenvalue weighted by molar-refractivity contribution is 0.520. The highest BCUT2D eigenvalue weighted by Crippen LogP contribution is 2.28. The average molecular weight is 390 g/mol. The van der Waals surface area contributed by atoms with Gasteiger partial charge in [-0.05, 0) is 38.3 Å². The van der Waals surface area contributed by atoms with Crippen molar-refractivity contribution in [1.82, 2.24) is 24.4 Å². The number of benzene rings is 1. The molecule has 6 heteroatoms. The minimum atomic E-state index is -0.0849. The van der Waals surface area contributed by atoms with Crippen LogP contribution >= 0.6 is 0 Å². The minimum Gasteiger partial charge on any atom is -0.293 e. The van der Waals surface area contributed by atoms with E-state index in [2.05, 4.69) is 50.0 Å². The highest BCUT2D eigenvalue weighted by atomic mass is 16.1. The van der Waals surface area contributed by atoms with E-state index in [-0.39, 0.29) is 11.5 Å². The lowest BCUT2D eigenvalue weighted by Crippen LogP contribution is -2.19. The van der Waals surface area contributed by atoms with E-state index in [9.17, 15) is 4.79 Å². The number of aryl methyl sites for hydroxylation is 2. The summed E-state index contributed by atoms with van der Waals surface area (Å²) in [6.07, 6.45) is 0.795. The molecule has 0 fully saturated rings. The van der Waals surface area contributed by atoms with E-state index in [4.69, 9.17) is 4.98 Å². The quantitative estimate of drug-likeness (QED) is 0.557. The highest BCUT2D eigenvalue weighted by molar-refractivity contribution is 5.80. The van der Waals surface area contributed by atoms with Crippen molar-refractivity contribution in [1.29, 1.82) is 0 Å². The Kier molecular flexibility index (Phi) is 4.86. The van der Waals surface area contributed by atoms with Gasteiger partial charge in [0.2, 0.25) is 0 Å². The van der Waals surface area contributed by atoms with Gasteiger partial charge in [0.1, 0.15) is 0 Å². The Morgan fingerprint density at radius 1 is 1.14 bits per heavy atom. The summed E-state index contributed by atoms with van der Waals surface area (Å²) in [5.41, 5.74) is 7.89. The number of hydrogen-bond donors (Lipinski definition) is 1. The number of rotatable bonds is 5. The second-order valence-corrected chi connectivity index (χ2v) is 7.74. The Balaban J connectivity index is 1.82. The molecule has 1 unspecified atom stereocenters. The fourth-order valence-electron chi connectivity index (χ4n) is 3.84. The molecule has 1 N–H and O–H groups in total. The van der Waals surface area contributed by atoms with Crippen molar-refractivity contribution in [3.8, 4) is 11.1 Å². The average Bonchev–Trinajstić information content (AvgIpc) is 3.21. The molecule has 6 nitrogen and oxygen atoms in total. The summed E-state index contributed by atoms with van der Waals surface area (Å²) in [5.74, 6) is 0.0636. The fourth-order valence-corrected chi connectivity index (χ4v) is 3.84. The predicted octanol–water partition coefficient (Wildman–Crippen LogP) is 4.18. The molecular weight excluding hydrogens is 362 g/mol. The first-order valence-corrected chi connectivity index (χ1v) is 10.1. The first-order chi connectivity index (χ1) is 13.9. The van der Waals surface area contributed by atoms with Gasteiger partial charge in [0.15, 0.2) is 5.65 Å². The van der Waals surface area contributed by atoms with Crippen molar-refractivity contribution in [3.05, 3.63) is 75.1 Å². The smallest absolute Gasteiger partial charge is 0.272 e. The van der Waals surface area contributed by atoms with Gasteiger partial charge < -0.3 is 0 Å². The van der Waals surface area contributed by atoms with Crippen LogP contribution in [0.3, 0.4) is 0 Å². The van der Waals surface area contributed by atoms with Crippen LogP contribution < -0.4 is 5.56 Å². The molecule has 0 radical (unpaired) electrons. The molecule has 0 bridgehead atoms. The number of nitrogens with zero attached hydrogens (tertiary/aromatic N) is 4. The number of aromatic nitrogens is 5. The van der Waals surface area contributed by atoms with Crippen LogP contribution in [0.2, 0.25) is 0 Å². The van der Waals surface area contributed by atoms with Gasteiger partial charge in [-0.1, -0.05) is 44.2 Å². The lowest BCUT2D eigenvalue weighted by Gasteiger charge is -2.13. The normalized spacial score (nSPS) is 12.6. The number of aromatic amines is 1. The summed E-state index contributed by atoms with van der Waals surface area (Å²) < 4.78 is 3.58. The van der Waals surface area contributed by atoms with Gasteiger partial charge in [-0.25, -0.2) is 9.50 Å². The Bertz CT molecular complexity index is 1230. The fraction of sp³-hybridized carbons (Fsp3) is 0.348. The van der Waals surface area contributed by atoms with Gasteiger partial charge in [0.05, 0.1) is 11.4 Å². The Hall–Kier alpha value is -3.15. The highest BCUT2D eigenvalue weighted by Gasteiger charge is 2.19. The van der Waals surface area contributed by atoms with Crippen LogP contribution in [0.1, 0.15) is 48.1 Å². The van der Waals surface area contributed by atoms with Crippen molar-refractivity contribution < 1.29 is 0 Å². The maximum Gasteiger partial charge on any atom is 0.272 e. The zero-order valence-corrected chi connectivity index (χ0v) is 17.7.